The van der Waals surface area contributed by atoms with Gasteiger partial charge in [-0.25, -0.2) is 0 Å². The lowest BCUT2D eigenvalue weighted by Gasteiger charge is -2.28. The van der Waals surface area contributed by atoms with Crippen molar-refractivity contribution in [1.82, 2.24) is 4.90 Å². The summed E-state index contributed by atoms with van der Waals surface area (Å²) in [6.45, 7) is 0. The Morgan fingerprint density at radius 1 is 1.14 bits per heavy atom. The van der Waals surface area contributed by atoms with E-state index in [0.29, 0.717) is 16.2 Å². The summed E-state index contributed by atoms with van der Waals surface area (Å²) in [5.41, 5.74) is 0.307. The van der Waals surface area contributed by atoms with Gasteiger partial charge < -0.3 is 10.0 Å². The Bertz CT molecular complexity index is 727. The molecule has 106 valence electrons. The average Bonchev–Trinajstić information content (AvgIpc) is 2.71. The number of hydrogen-bond donors (Lipinski definition) is 1. The third-order valence-electron chi connectivity index (χ3n) is 3.75. The Kier molecular flexibility index (Phi) is 3.32. The molecule has 1 atom stereocenters. The molecule has 0 aliphatic carbocycles. The molecule has 0 radical (unpaired) electrons. The minimum atomic E-state index is -1.53. The third kappa shape index (κ3) is 2.15. The summed E-state index contributed by atoms with van der Waals surface area (Å²) in [6.07, 6.45) is 1.51. The second-order valence-corrected chi connectivity index (χ2v) is 5.40. The highest BCUT2D eigenvalue weighted by molar-refractivity contribution is 6.48. The first-order valence-corrected chi connectivity index (χ1v) is 6.95. The topological polar surface area (TPSA) is 40.5 Å². The van der Waals surface area contributed by atoms with Gasteiger partial charge >= 0.3 is 0 Å². The molecule has 0 bridgehead atoms. The number of fused-ring (bicyclic) bond motifs is 1. The Morgan fingerprint density at radius 2 is 1.76 bits per heavy atom. The fourth-order valence-electron chi connectivity index (χ4n) is 2.54. The van der Waals surface area contributed by atoms with E-state index in [4.69, 9.17) is 11.6 Å². The normalized spacial score (nSPS) is 21.6. The van der Waals surface area contributed by atoms with E-state index in [1.54, 1.807) is 31.3 Å². The number of hydrogen-bond acceptors (Lipinski definition) is 2. The van der Waals surface area contributed by atoms with Crippen LogP contribution in [-0.2, 0) is 5.72 Å². The molecule has 1 unspecified atom stereocenters. The number of nitrogens with zero attached hydrogens (tertiary/aromatic N) is 1. The van der Waals surface area contributed by atoms with Crippen LogP contribution in [0.5, 0.6) is 0 Å². The SMILES string of the molecule is CN1C(=O)c2ccccc2C1(O)/C=C(/Cl)c1ccccc1. The molecule has 1 aliphatic rings. The molecule has 3 rings (SSSR count). The van der Waals surface area contributed by atoms with Crippen LogP contribution >= 0.6 is 11.6 Å². The molecule has 4 heteroatoms. The van der Waals surface area contributed by atoms with Gasteiger partial charge in [-0.3, -0.25) is 4.79 Å². The molecule has 21 heavy (non-hydrogen) atoms. The highest BCUT2D eigenvalue weighted by atomic mass is 35.5. The predicted molar refractivity (Wildman–Crippen MR) is 82.7 cm³/mol. The summed E-state index contributed by atoms with van der Waals surface area (Å²) < 4.78 is 0. The minimum absolute atomic E-state index is 0.220. The molecule has 1 aliphatic heterocycles. The number of carbonyl (C=O) groups excluding carboxylic acids is 1. The van der Waals surface area contributed by atoms with E-state index in [9.17, 15) is 9.90 Å². The molecule has 0 aromatic heterocycles. The largest absolute Gasteiger partial charge is 0.363 e. The maximum absolute atomic E-state index is 12.2. The third-order valence-corrected chi connectivity index (χ3v) is 4.07. The van der Waals surface area contributed by atoms with E-state index in [1.165, 1.54) is 11.0 Å². The average molecular weight is 300 g/mol. The Morgan fingerprint density at radius 3 is 2.48 bits per heavy atom. The van der Waals surface area contributed by atoms with Crippen LogP contribution in [0.25, 0.3) is 5.03 Å². The Labute approximate surface area is 128 Å². The second kappa shape index (κ2) is 5.02. The molecule has 2 aromatic carbocycles. The van der Waals surface area contributed by atoms with E-state index >= 15 is 0 Å². The van der Waals surface area contributed by atoms with Crippen LogP contribution in [0.2, 0.25) is 0 Å². The standard InChI is InChI=1S/C17H14ClNO2/c1-19-16(20)13-9-5-6-10-14(13)17(19,21)11-15(18)12-7-3-2-4-8-12/h2-11,21H,1H3/b15-11+. The monoisotopic (exact) mass is 299 g/mol. The molecular weight excluding hydrogens is 286 g/mol. The Balaban J connectivity index is 2.11. The number of likely N-dealkylation sites (N-methyl/N-ethyl adjacent to an activating group) is 1. The lowest BCUT2D eigenvalue weighted by molar-refractivity contribution is -0.0299. The number of halogens is 1. The highest BCUT2D eigenvalue weighted by Crippen LogP contribution is 2.39. The lowest BCUT2D eigenvalue weighted by atomic mass is 10.00. The van der Waals surface area contributed by atoms with Crippen LogP contribution in [0.15, 0.2) is 60.7 Å². The molecule has 0 fully saturated rings. The van der Waals surface area contributed by atoms with E-state index in [1.807, 2.05) is 30.3 Å². The number of aliphatic hydroxyl groups is 1. The first-order valence-electron chi connectivity index (χ1n) is 6.58. The van der Waals surface area contributed by atoms with Crippen LogP contribution in [-0.4, -0.2) is 23.0 Å². The van der Waals surface area contributed by atoms with Gasteiger partial charge in [-0.1, -0.05) is 60.1 Å². The van der Waals surface area contributed by atoms with Crippen molar-refractivity contribution >= 4 is 22.5 Å². The van der Waals surface area contributed by atoms with Crippen LogP contribution in [0.1, 0.15) is 21.5 Å². The lowest BCUT2D eigenvalue weighted by Crippen LogP contribution is -2.39. The first-order chi connectivity index (χ1) is 10.0. The fourth-order valence-corrected chi connectivity index (χ4v) is 2.82. The molecule has 3 nitrogen and oxygen atoms in total. The minimum Gasteiger partial charge on any atom is -0.363 e. The van der Waals surface area contributed by atoms with Gasteiger partial charge in [-0.05, 0) is 17.7 Å². The zero-order chi connectivity index (χ0) is 15.0. The fraction of sp³-hybridized carbons (Fsp3) is 0.118. The van der Waals surface area contributed by atoms with Gasteiger partial charge in [0.2, 0.25) is 0 Å². The van der Waals surface area contributed by atoms with E-state index in [2.05, 4.69) is 0 Å². The van der Waals surface area contributed by atoms with Crippen LogP contribution in [0.4, 0.5) is 0 Å². The molecular formula is C17H14ClNO2. The second-order valence-electron chi connectivity index (χ2n) is 4.99. The van der Waals surface area contributed by atoms with Gasteiger partial charge in [0, 0.05) is 23.2 Å². The first kappa shape index (κ1) is 13.9. The van der Waals surface area contributed by atoms with Gasteiger partial charge in [-0.2, -0.15) is 0 Å². The zero-order valence-electron chi connectivity index (χ0n) is 11.5. The van der Waals surface area contributed by atoms with Gasteiger partial charge in [0.25, 0.3) is 5.91 Å². The summed E-state index contributed by atoms with van der Waals surface area (Å²) in [7, 11) is 1.56. The van der Waals surface area contributed by atoms with E-state index in [0.717, 1.165) is 5.56 Å². The van der Waals surface area contributed by atoms with Crippen molar-refractivity contribution < 1.29 is 9.90 Å². The van der Waals surface area contributed by atoms with Gasteiger partial charge in [0.15, 0.2) is 5.72 Å². The van der Waals surface area contributed by atoms with Crippen molar-refractivity contribution in [3.63, 3.8) is 0 Å². The summed E-state index contributed by atoms with van der Waals surface area (Å²) in [5, 5.41) is 11.4. The van der Waals surface area contributed by atoms with Crippen molar-refractivity contribution in [3.05, 3.63) is 77.4 Å². The molecule has 1 amide bonds. The Hall–Kier alpha value is -2.10. The zero-order valence-corrected chi connectivity index (χ0v) is 12.2. The van der Waals surface area contributed by atoms with Crippen LogP contribution in [0.3, 0.4) is 0 Å². The number of rotatable bonds is 2. The number of amides is 1. The van der Waals surface area contributed by atoms with Crippen molar-refractivity contribution in [2.45, 2.75) is 5.72 Å². The van der Waals surface area contributed by atoms with Crippen molar-refractivity contribution in [2.24, 2.45) is 0 Å². The van der Waals surface area contributed by atoms with Crippen LogP contribution < -0.4 is 0 Å². The quantitative estimate of drug-likeness (QED) is 0.925. The molecule has 0 spiro atoms. The summed E-state index contributed by atoms with van der Waals surface area (Å²) in [4.78, 5) is 13.5. The maximum atomic E-state index is 12.2. The van der Waals surface area contributed by atoms with Crippen LogP contribution in [0, 0.1) is 0 Å². The number of carbonyl (C=O) groups is 1. The smallest absolute Gasteiger partial charge is 0.256 e. The van der Waals surface area contributed by atoms with Crippen molar-refractivity contribution in [1.29, 1.82) is 0 Å². The molecule has 1 heterocycles. The summed E-state index contributed by atoms with van der Waals surface area (Å²) in [5.74, 6) is -0.220. The summed E-state index contributed by atoms with van der Waals surface area (Å²) in [6, 6.07) is 16.3. The number of benzene rings is 2. The molecule has 0 saturated carbocycles. The van der Waals surface area contributed by atoms with Gasteiger partial charge in [-0.15, -0.1) is 0 Å². The van der Waals surface area contributed by atoms with E-state index in [-0.39, 0.29) is 5.91 Å². The summed E-state index contributed by atoms with van der Waals surface area (Å²) >= 11 is 6.32. The molecule has 1 N–H and O–H groups in total. The van der Waals surface area contributed by atoms with Gasteiger partial charge in [0.05, 0.1) is 0 Å². The van der Waals surface area contributed by atoms with Crippen molar-refractivity contribution in [2.75, 3.05) is 7.05 Å². The predicted octanol–water partition coefficient (Wildman–Crippen LogP) is 3.20. The van der Waals surface area contributed by atoms with Crippen molar-refractivity contribution in [3.8, 4) is 0 Å². The van der Waals surface area contributed by atoms with E-state index < -0.39 is 5.72 Å². The van der Waals surface area contributed by atoms with Gasteiger partial charge in [0.1, 0.15) is 0 Å². The molecule has 0 saturated heterocycles. The molecule has 2 aromatic rings. The highest BCUT2D eigenvalue weighted by Gasteiger charge is 2.45. The maximum Gasteiger partial charge on any atom is 0.256 e.